The van der Waals surface area contributed by atoms with Crippen molar-refractivity contribution in [2.75, 3.05) is 26.2 Å². The largest absolute Gasteiger partial charge is 0.395 e. The molecular weight excluding hydrogens is 154 g/mol. The highest BCUT2D eigenvalue weighted by atomic mass is 16.3. The number of hydrogen-bond acceptors (Lipinski definition) is 3. The highest BCUT2D eigenvalue weighted by Crippen LogP contribution is 2.14. The summed E-state index contributed by atoms with van der Waals surface area (Å²) in [5.41, 5.74) is 0. The third-order valence-electron chi connectivity index (χ3n) is 2.16. The van der Waals surface area contributed by atoms with Crippen LogP contribution in [0.3, 0.4) is 0 Å². The fourth-order valence-corrected chi connectivity index (χ4v) is 1.63. The number of nitrogens with zero attached hydrogens (tertiary/aromatic N) is 1. The van der Waals surface area contributed by atoms with Gasteiger partial charge in [-0.2, -0.15) is 0 Å². The van der Waals surface area contributed by atoms with Gasteiger partial charge >= 0.3 is 0 Å². The van der Waals surface area contributed by atoms with E-state index in [9.17, 15) is 0 Å². The van der Waals surface area contributed by atoms with Crippen molar-refractivity contribution in [3.8, 4) is 0 Å². The van der Waals surface area contributed by atoms with Gasteiger partial charge in [0.05, 0.1) is 6.61 Å². The average Bonchev–Trinajstić information content (AvgIpc) is 2.09. The Morgan fingerprint density at radius 1 is 1.58 bits per heavy atom. The number of aliphatic hydroxyl groups is 1. The van der Waals surface area contributed by atoms with Gasteiger partial charge in [0.25, 0.3) is 0 Å². The number of rotatable bonds is 2. The maximum Gasteiger partial charge on any atom is 0.106 e. The Morgan fingerprint density at radius 2 is 2.25 bits per heavy atom. The number of likely N-dealkylation sites (tertiary alicyclic amines) is 1. The summed E-state index contributed by atoms with van der Waals surface area (Å²) < 4.78 is 0. The van der Waals surface area contributed by atoms with Crippen molar-refractivity contribution in [2.45, 2.75) is 19.8 Å². The third kappa shape index (κ3) is 4.46. The Balaban J connectivity index is 0.000000561. The zero-order chi connectivity index (χ0) is 9.40. The predicted molar refractivity (Wildman–Crippen MR) is 49.0 cm³/mol. The van der Waals surface area contributed by atoms with Gasteiger partial charge in [-0.1, -0.05) is 6.92 Å². The van der Waals surface area contributed by atoms with Gasteiger partial charge in [-0.3, -0.25) is 0 Å². The van der Waals surface area contributed by atoms with Crippen molar-refractivity contribution in [3.05, 3.63) is 0 Å². The van der Waals surface area contributed by atoms with E-state index < -0.39 is 0 Å². The molecule has 1 heterocycles. The van der Waals surface area contributed by atoms with Crippen LogP contribution < -0.4 is 0 Å². The molecule has 0 aliphatic carbocycles. The van der Waals surface area contributed by atoms with Gasteiger partial charge < -0.3 is 14.8 Å². The zero-order valence-electron chi connectivity index (χ0n) is 7.83. The summed E-state index contributed by atoms with van der Waals surface area (Å²) in [6.07, 6.45) is 2.67. The first-order valence-corrected chi connectivity index (χ1v) is 4.45. The van der Waals surface area contributed by atoms with Gasteiger partial charge in [0, 0.05) is 13.1 Å². The molecule has 0 spiro atoms. The standard InChI is InChI=1S/C8H17NO.CH2O/c1-8-3-2-4-9(7-8)5-6-10;1-2/h8,10H,2-7H2,1H3;1H2. The minimum absolute atomic E-state index is 0.312. The molecule has 72 valence electrons. The molecule has 1 saturated heterocycles. The first-order chi connectivity index (χ1) is 5.83. The van der Waals surface area contributed by atoms with Crippen molar-refractivity contribution in [2.24, 2.45) is 5.92 Å². The summed E-state index contributed by atoms with van der Waals surface area (Å²) >= 11 is 0. The second-order valence-corrected chi connectivity index (χ2v) is 3.27. The molecule has 0 aromatic heterocycles. The molecule has 12 heavy (non-hydrogen) atoms. The quantitative estimate of drug-likeness (QED) is 0.662. The molecule has 1 aliphatic rings. The number of carbonyl (C=O) groups is 1. The average molecular weight is 173 g/mol. The van der Waals surface area contributed by atoms with Crippen molar-refractivity contribution in [1.82, 2.24) is 4.90 Å². The van der Waals surface area contributed by atoms with E-state index in [0.29, 0.717) is 6.61 Å². The number of β-amino-alcohol motifs (C(OH)–C–C–N with tert-alkyl or cyclic N) is 1. The molecule has 1 atom stereocenters. The molecule has 0 bridgehead atoms. The molecule has 0 amide bonds. The number of hydrogen-bond donors (Lipinski definition) is 1. The highest BCUT2D eigenvalue weighted by Gasteiger charge is 2.14. The van der Waals surface area contributed by atoms with Crippen LogP contribution in [-0.4, -0.2) is 43.0 Å². The van der Waals surface area contributed by atoms with Crippen molar-refractivity contribution in [3.63, 3.8) is 0 Å². The Kier molecular flexibility index (Phi) is 7.00. The molecule has 1 rings (SSSR count). The van der Waals surface area contributed by atoms with Gasteiger partial charge in [-0.05, 0) is 25.3 Å². The molecule has 1 aliphatic heterocycles. The Morgan fingerprint density at radius 3 is 2.75 bits per heavy atom. The van der Waals surface area contributed by atoms with Crippen LogP contribution in [0.4, 0.5) is 0 Å². The van der Waals surface area contributed by atoms with Gasteiger partial charge in [0.15, 0.2) is 0 Å². The highest BCUT2D eigenvalue weighted by molar-refractivity contribution is 5.10. The van der Waals surface area contributed by atoms with E-state index in [1.54, 1.807) is 0 Å². The summed E-state index contributed by atoms with van der Waals surface area (Å²) in [5.74, 6) is 0.834. The lowest BCUT2D eigenvalue weighted by Crippen LogP contribution is -2.36. The minimum atomic E-state index is 0.312. The first-order valence-electron chi connectivity index (χ1n) is 4.45. The molecule has 0 saturated carbocycles. The van der Waals surface area contributed by atoms with Crippen LogP contribution in [0.5, 0.6) is 0 Å². The number of piperidine rings is 1. The van der Waals surface area contributed by atoms with Crippen LogP contribution in [0.1, 0.15) is 19.8 Å². The summed E-state index contributed by atoms with van der Waals surface area (Å²) in [7, 11) is 0. The van der Waals surface area contributed by atoms with Gasteiger partial charge in [0.1, 0.15) is 6.79 Å². The van der Waals surface area contributed by atoms with E-state index in [1.807, 2.05) is 6.79 Å². The van der Waals surface area contributed by atoms with Crippen LogP contribution in [0.15, 0.2) is 0 Å². The van der Waals surface area contributed by atoms with Crippen LogP contribution >= 0.6 is 0 Å². The van der Waals surface area contributed by atoms with Gasteiger partial charge in [0.2, 0.25) is 0 Å². The van der Waals surface area contributed by atoms with Crippen LogP contribution in [0.25, 0.3) is 0 Å². The normalized spacial score (nSPS) is 24.3. The monoisotopic (exact) mass is 173 g/mol. The molecule has 3 nitrogen and oxygen atoms in total. The van der Waals surface area contributed by atoms with Gasteiger partial charge in [-0.25, -0.2) is 0 Å². The predicted octanol–water partition coefficient (Wildman–Crippen LogP) is 0.526. The van der Waals surface area contributed by atoms with Crippen LogP contribution in [0.2, 0.25) is 0 Å². The van der Waals surface area contributed by atoms with E-state index in [1.165, 1.54) is 25.9 Å². The van der Waals surface area contributed by atoms with E-state index in [0.717, 1.165) is 12.5 Å². The van der Waals surface area contributed by atoms with E-state index in [4.69, 9.17) is 9.90 Å². The van der Waals surface area contributed by atoms with E-state index in [2.05, 4.69) is 11.8 Å². The van der Waals surface area contributed by atoms with Crippen LogP contribution in [0, 0.1) is 5.92 Å². The molecule has 0 aromatic carbocycles. The lowest BCUT2D eigenvalue weighted by atomic mass is 10.0. The van der Waals surface area contributed by atoms with Crippen molar-refractivity contribution in [1.29, 1.82) is 0 Å². The Bertz CT molecular complexity index is 107. The molecule has 0 aromatic rings. The lowest BCUT2D eigenvalue weighted by molar-refractivity contribution is -0.0979. The molecule has 1 fully saturated rings. The second kappa shape index (κ2) is 7.25. The summed E-state index contributed by atoms with van der Waals surface area (Å²) in [4.78, 5) is 10.3. The van der Waals surface area contributed by atoms with Crippen molar-refractivity contribution < 1.29 is 9.90 Å². The summed E-state index contributed by atoms with van der Waals surface area (Å²) in [6.45, 7) is 7.83. The third-order valence-corrected chi connectivity index (χ3v) is 2.16. The zero-order valence-corrected chi connectivity index (χ0v) is 7.83. The van der Waals surface area contributed by atoms with Crippen LogP contribution in [-0.2, 0) is 4.79 Å². The van der Waals surface area contributed by atoms with Crippen molar-refractivity contribution >= 4 is 6.79 Å². The maximum atomic E-state index is 8.66. The molecule has 0 radical (unpaired) electrons. The minimum Gasteiger partial charge on any atom is -0.395 e. The summed E-state index contributed by atoms with van der Waals surface area (Å²) in [5, 5.41) is 8.66. The SMILES string of the molecule is C=O.CC1CCCN(CCO)C1. The number of aliphatic hydroxyl groups excluding tert-OH is 1. The lowest BCUT2D eigenvalue weighted by Gasteiger charge is -2.29. The smallest absolute Gasteiger partial charge is 0.106 e. The topological polar surface area (TPSA) is 40.5 Å². The van der Waals surface area contributed by atoms with E-state index >= 15 is 0 Å². The second-order valence-electron chi connectivity index (χ2n) is 3.27. The Labute approximate surface area is 74.4 Å². The molecule has 1 unspecified atom stereocenters. The fourth-order valence-electron chi connectivity index (χ4n) is 1.63. The number of carbonyl (C=O) groups excluding carboxylic acids is 1. The maximum absolute atomic E-state index is 8.66. The first kappa shape index (κ1) is 11.6. The fraction of sp³-hybridized carbons (Fsp3) is 0.889. The van der Waals surface area contributed by atoms with Gasteiger partial charge in [-0.15, -0.1) is 0 Å². The van der Waals surface area contributed by atoms with E-state index in [-0.39, 0.29) is 0 Å². The molecule has 3 heteroatoms. The summed E-state index contributed by atoms with van der Waals surface area (Å²) in [6, 6.07) is 0. The molecule has 1 N–H and O–H groups in total. The molecular formula is C9H19NO2. The Hall–Kier alpha value is -0.410.